The normalized spacial score (nSPS) is 15.2. The van der Waals surface area contributed by atoms with Crippen molar-refractivity contribution in [3.05, 3.63) is 0 Å². The summed E-state index contributed by atoms with van der Waals surface area (Å²) in [6.45, 7) is 10.5. The molecule has 0 aromatic carbocycles. The van der Waals surface area contributed by atoms with Crippen LogP contribution in [0.15, 0.2) is 0 Å². The number of rotatable bonds is 5. The van der Waals surface area contributed by atoms with Crippen molar-refractivity contribution in [1.82, 2.24) is 0 Å². The second-order valence-corrected chi connectivity index (χ2v) is 4.19. The lowest BCUT2D eigenvalue weighted by Crippen LogP contribution is -2.42. The van der Waals surface area contributed by atoms with Gasteiger partial charge in [0.15, 0.2) is 0 Å². The van der Waals surface area contributed by atoms with E-state index in [4.69, 9.17) is 4.74 Å². The summed E-state index contributed by atoms with van der Waals surface area (Å²) in [6.07, 6.45) is 0.941. The Bertz CT molecular complexity index is 113. The Labute approximate surface area is 75.9 Å². The summed E-state index contributed by atoms with van der Waals surface area (Å²) in [7, 11) is 0. The van der Waals surface area contributed by atoms with E-state index in [1.807, 2.05) is 0 Å². The molecule has 0 rings (SSSR count). The molecule has 0 aromatic heterocycles. The first-order valence-electron chi connectivity index (χ1n) is 4.73. The average Bonchev–Trinajstić information content (AvgIpc) is 1.84. The van der Waals surface area contributed by atoms with E-state index in [1.54, 1.807) is 13.8 Å². The quantitative estimate of drug-likeness (QED) is 0.692. The molecule has 0 aromatic rings. The summed E-state index contributed by atoms with van der Waals surface area (Å²) >= 11 is 0. The minimum absolute atomic E-state index is 0.0579. The maximum absolute atomic E-state index is 9.75. The van der Waals surface area contributed by atoms with Crippen molar-refractivity contribution in [3.8, 4) is 0 Å². The molecule has 2 nitrogen and oxygen atoms in total. The first-order valence-corrected chi connectivity index (χ1v) is 4.73. The van der Waals surface area contributed by atoms with E-state index in [0.717, 1.165) is 13.0 Å². The van der Waals surface area contributed by atoms with Crippen molar-refractivity contribution in [2.75, 3.05) is 6.61 Å². The standard InChI is InChI=1S/C10H22O2/c1-6-7-12-9(8(2)3)10(4,5)11/h8-9,11H,6-7H2,1-5H3. The maximum atomic E-state index is 9.75. The van der Waals surface area contributed by atoms with E-state index in [-0.39, 0.29) is 6.10 Å². The number of hydrogen-bond acceptors (Lipinski definition) is 2. The molecule has 1 unspecified atom stereocenters. The van der Waals surface area contributed by atoms with Crippen LogP contribution in [-0.4, -0.2) is 23.4 Å². The molecule has 0 aliphatic carbocycles. The van der Waals surface area contributed by atoms with E-state index >= 15 is 0 Å². The molecule has 1 N–H and O–H groups in total. The van der Waals surface area contributed by atoms with E-state index in [1.165, 1.54) is 0 Å². The highest BCUT2D eigenvalue weighted by Crippen LogP contribution is 2.20. The Morgan fingerprint density at radius 2 is 1.83 bits per heavy atom. The van der Waals surface area contributed by atoms with Crippen LogP contribution in [0.25, 0.3) is 0 Å². The van der Waals surface area contributed by atoms with Crippen LogP contribution in [0, 0.1) is 5.92 Å². The van der Waals surface area contributed by atoms with Crippen molar-refractivity contribution < 1.29 is 9.84 Å². The Hall–Kier alpha value is -0.0800. The van der Waals surface area contributed by atoms with Gasteiger partial charge in [0.05, 0.1) is 11.7 Å². The van der Waals surface area contributed by atoms with Crippen LogP contribution < -0.4 is 0 Å². The van der Waals surface area contributed by atoms with Crippen molar-refractivity contribution >= 4 is 0 Å². The minimum atomic E-state index is -0.733. The zero-order chi connectivity index (χ0) is 9.78. The lowest BCUT2D eigenvalue weighted by molar-refractivity contribution is -0.108. The zero-order valence-electron chi connectivity index (χ0n) is 8.92. The highest BCUT2D eigenvalue weighted by molar-refractivity contribution is 4.80. The van der Waals surface area contributed by atoms with Crippen molar-refractivity contribution in [2.45, 2.75) is 52.7 Å². The lowest BCUT2D eigenvalue weighted by atomic mass is 9.92. The summed E-state index contributed by atoms with van der Waals surface area (Å²) in [6, 6.07) is 0. The topological polar surface area (TPSA) is 29.5 Å². The fraction of sp³-hybridized carbons (Fsp3) is 1.00. The van der Waals surface area contributed by atoms with Gasteiger partial charge >= 0.3 is 0 Å². The highest BCUT2D eigenvalue weighted by atomic mass is 16.5. The van der Waals surface area contributed by atoms with Gasteiger partial charge in [-0.1, -0.05) is 20.8 Å². The summed E-state index contributed by atoms with van der Waals surface area (Å²) in [5.41, 5.74) is -0.733. The van der Waals surface area contributed by atoms with Gasteiger partial charge in [-0.05, 0) is 26.2 Å². The van der Waals surface area contributed by atoms with Crippen LogP contribution in [0.5, 0.6) is 0 Å². The molecule has 2 heteroatoms. The lowest BCUT2D eigenvalue weighted by Gasteiger charge is -2.32. The number of aliphatic hydroxyl groups is 1. The molecule has 0 fully saturated rings. The summed E-state index contributed by atoms with van der Waals surface area (Å²) in [4.78, 5) is 0. The van der Waals surface area contributed by atoms with Crippen molar-refractivity contribution in [2.24, 2.45) is 5.92 Å². The molecule has 0 aliphatic rings. The van der Waals surface area contributed by atoms with Crippen molar-refractivity contribution in [1.29, 1.82) is 0 Å². The molecule has 0 aliphatic heterocycles. The predicted molar refractivity (Wildman–Crippen MR) is 51.2 cm³/mol. The Morgan fingerprint density at radius 3 is 2.08 bits per heavy atom. The first kappa shape index (κ1) is 11.9. The molecular formula is C10H22O2. The van der Waals surface area contributed by atoms with Crippen LogP contribution >= 0.6 is 0 Å². The van der Waals surface area contributed by atoms with Crippen molar-refractivity contribution in [3.63, 3.8) is 0 Å². The SMILES string of the molecule is CCCOC(C(C)C)C(C)(C)O. The number of hydrogen-bond donors (Lipinski definition) is 1. The molecule has 1 atom stereocenters. The van der Waals surface area contributed by atoms with Gasteiger partial charge in [-0.3, -0.25) is 0 Å². The van der Waals surface area contributed by atoms with Crippen LogP contribution in [-0.2, 0) is 4.74 Å². The van der Waals surface area contributed by atoms with Crippen LogP contribution in [0.3, 0.4) is 0 Å². The van der Waals surface area contributed by atoms with Crippen LogP contribution in [0.1, 0.15) is 41.0 Å². The Balaban J connectivity index is 4.05. The molecule has 0 saturated heterocycles. The van der Waals surface area contributed by atoms with Crippen LogP contribution in [0.4, 0.5) is 0 Å². The van der Waals surface area contributed by atoms with Gasteiger partial charge < -0.3 is 9.84 Å². The minimum Gasteiger partial charge on any atom is -0.388 e. The predicted octanol–water partition coefficient (Wildman–Crippen LogP) is 2.21. The second-order valence-electron chi connectivity index (χ2n) is 4.19. The number of ether oxygens (including phenoxy) is 1. The molecule has 74 valence electrons. The molecule has 0 bridgehead atoms. The third-order valence-corrected chi connectivity index (χ3v) is 1.80. The van der Waals surface area contributed by atoms with Gasteiger partial charge in [0, 0.05) is 6.61 Å². The molecule has 12 heavy (non-hydrogen) atoms. The third-order valence-electron chi connectivity index (χ3n) is 1.80. The molecule has 0 heterocycles. The van der Waals surface area contributed by atoms with Gasteiger partial charge in [0.2, 0.25) is 0 Å². The van der Waals surface area contributed by atoms with E-state index in [9.17, 15) is 5.11 Å². The third kappa shape index (κ3) is 4.07. The zero-order valence-corrected chi connectivity index (χ0v) is 8.92. The molecule has 0 saturated carbocycles. The molecular weight excluding hydrogens is 152 g/mol. The largest absolute Gasteiger partial charge is 0.388 e. The van der Waals surface area contributed by atoms with E-state index in [0.29, 0.717) is 5.92 Å². The monoisotopic (exact) mass is 174 g/mol. The first-order chi connectivity index (χ1) is 5.39. The average molecular weight is 174 g/mol. The molecule has 0 radical (unpaired) electrons. The van der Waals surface area contributed by atoms with Gasteiger partial charge in [-0.2, -0.15) is 0 Å². The fourth-order valence-corrected chi connectivity index (χ4v) is 1.46. The maximum Gasteiger partial charge on any atom is 0.0879 e. The van der Waals surface area contributed by atoms with E-state index in [2.05, 4.69) is 20.8 Å². The highest BCUT2D eigenvalue weighted by Gasteiger charge is 2.29. The van der Waals surface area contributed by atoms with E-state index < -0.39 is 5.60 Å². The molecule has 0 spiro atoms. The fourth-order valence-electron chi connectivity index (χ4n) is 1.46. The Morgan fingerprint density at radius 1 is 1.33 bits per heavy atom. The Kier molecular flexibility index (Phi) is 4.80. The van der Waals surface area contributed by atoms with Gasteiger partial charge in [-0.25, -0.2) is 0 Å². The summed E-state index contributed by atoms with van der Waals surface area (Å²) in [5.74, 6) is 0.358. The summed E-state index contributed by atoms with van der Waals surface area (Å²) in [5, 5.41) is 9.75. The smallest absolute Gasteiger partial charge is 0.0879 e. The van der Waals surface area contributed by atoms with Gasteiger partial charge in [0.25, 0.3) is 0 Å². The van der Waals surface area contributed by atoms with Crippen LogP contribution in [0.2, 0.25) is 0 Å². The second kappa shape index (κ2) is 4.83. The molecule has 0 amide bonds. The summed E-state index contributed by atoms with van der Waals surface area (Å²) < 4.78 is 5.57. The van der Waals surface area contributed by atoms with Gasteiger partial charge in [-0.15, -0.1) is 0 Å². The van der Waals surface area contributed by atoms with Gasteiger partial charge in [0.1, 0.15) is 0 Å².